The van der Waals surface area contributed by atoms with Crippen LogP contribution >= 0.6 is 11.3 Å². The van der Waals surface area contributed by atoms with Crippen LogP contribution in [0.4, 0.5) is 13.2 Å². The summed E-state index contributed by atoms with van der Waals surface area (Å²) in [7, 11) is 1.98. The second-order valence-corrected chi connectivity index (χ2v) is 8.01. The number of piperidine rings is 1. The highest BCUT2D eigenvalue weighted by Crippen LogP contribution is 2.43. The van der Waals surface area contributed by atoms with Gasteiger partial charge in [0.25, 0.3) is 0 Å². The monoisotopic (exact) mass is 363 g/mol. The minimum Gasteiger partial charge on any atom is -0.396 e. The Morgan fingerprint density at radius 2 is 2.04 bits per heavy atom. The highest BCUT2D eigenvalue weighted by molar-refractivity contribution is 7.12. The van der Waals surface area contributed by atoms with Crippen molar-refractivity contribution in [3.63, 3.8) is 0 Å². The molecule has 3 N–H and O–H groups in total. The van der Waals surface area contributed by atoms with Gasteiger partial charge in [0.2, 0.25) is 0 Å². The largest absolute Gasteiger partial charge is 0.425 e. The van der Waals surface area contributed by atoms with Crippen molar-refractivity contribution in [2.75, 3.05) is 20.2 Å². The van der Waals surface area contributed by atoms with Gasteiger partial charge in [-0.2, -0.15) is 13.2 Å². The van der Waals surface area contributed by atoms with E-state index < -0.39 is 11.1 Å². The number of thiophene rings is 1. The Hall–Kier alpha value is -0.670. The van der Waals surface area contributed by atoms with Crippen LogP contribution in [0.15, 0.2) is 6.07 Å². The number of nitrogens with zero attached hydrogens (tertiary/aromatic N) is 1. The van der Waals surface area contributed by atoms with E-state index in [1.165, 1.54) is 6.07 Å². The van der Waals surface area contributed by atoms with Gasteiger partial charge in [-0.15, -0.1) is 11.3 Å². The molecule has 136 valence electrons. The molecule has 1 aromatic heterocycles. The Balaban J connectivity index is 1.82. The molecular weight excluding hydrogens is 339 g/mol. The Morgan fingerprint density at radius 1 is 1.33 bits per heavy atom. The number of nitrogens with one attached hydrogen (secondary N) is 2. The molecule has 0 amide bonds. The van der Waals surface area contributed by atoms with E-state index in [-0.39, 0.29) is 31.0 Å². The van der Waals surface area contributed by atoms with Gasteiger partial charge in [0.15, 0.2) is 0 Å². The van der Waals surface area contributed by atoms with Gasteiger partial charge in [0.05, 0.1) is 6.04 Å². The second-order valence-electron chi connectivity index (χ2n) is 6.93. The van der Waals surface area contributed by atoms with Crippen molar-refractivity contribution in [2.24, 2.45) is 0 Å². The van der Waals surface area contributed by atoms with Gasteiger partial charge >= 0.3 is 6.18 Å². The molecule has 2 aliphatic rings. The van der Waals surface area contributed by atoms with E-state index in [4.69, 9.17) is 0 Å². The minimum atomic E-state index is -4.32. The Kier molecular flexibility index (Phi) is 5.22. The molecule has 0 saturated carbocycles. The summed E-state index contributed by atoms with van der Waals surface area (Å²) in [6, 6.07) is 2.09. The van der Waals surface area contributed by atoms with Gasteiger partial charge in [-0.25, -0.2) is 10.4 Å². The third-order valence-electron chi connectivity index (χ3n) is 4.89. The Labute approximate surface area is 144 Å². The van der Waals surface area contributed by atoms with Gasteiger partial charge < -0.3 is 10.4 Å². The number of hydrogen-bond donors (Lipinski definition) is 3. The van der Waals surface area contributed by atoms with Crippen molar-refractivity contribution in [2.45, 2.75) is 56.4 Å². The van der Waals surface area contributed by atoms with Gasteiger partial charge in [0.1, 0.15) is 4.88 Å². The fraction of sp³-hybridized carbons (Fsp3) is 0.750. The molecular formula is C16H24F3N3OS. The average Bonchev–Trinajstić information content (AvgIpc) is 2.88. The Bertz CT molecular complexity index is 571. The fourth-order valence-corrected chi connectivity index (χ4v) is 5.05. The summed E-state index contributed by atoms with van der Waals surface area (Å²) in [5.74, 6) is 0.113. The fourth-order valence-electron chi connectivity index (χ4n) is 3.85. The minimum absolute atomic E-state index is 0.113. The van der Waals surface area contributed by atoms with E-state index in [0.29, 0.717) is 11.6 Å². The van der Waals surface area contributed by atoms with Gasteiger partial charge in [-0.3, -0.25) is 0 Å². The van der Waals surface area contributed by atoms with Crippen molar-refractivity contribution < 1.29 is 18.3 Å². The molecule has 2 fully saturated rings. The predicted octanol–water partition coefficient (Wildman–Crippen LogP) is 2.34. The highest BCUT2D eigenvalue weighted by atomic mass is 32.1. The molecule has 4 unspecified atom stereocenters. The molecule has 8 heteroatoms. The third-order valence-corrected chi connectivity index (χ3v) is 6.28. The maximum Gasteiger partial charge on any atom is 0.425 e. The van der Waals surface area contributed by atoms with Crippen LogP contribution in [0, 0.1) is 0 Å². The summed E-state index contributed by atoms with van der Waals surface area (Å²) < 4.78 is 39.3. The van der Waals surface area contributed by atoms with E-state index >= 15 is 0 Å². The van der Waals surface area contributed by atoms with Crippen LogP contribution in [0.3, 0.4) is 0 Å². The molecule has 2 aliphatic heterocycles. The molecule has 4 nitrogen and oxygen atoms in total. The van der Waals surface area contributed by atoms with Gasteiger partial charge in [-0.05, 0) is 43.7 Å². The Morgan fingerprint density at radius 3 is 2.62 bits per heavy atom. The maximum absolute atomic E-state index is 13.1. The van der Waals surface area contributed by atoms with Crippen LogP contribution in [0.25, 0.3) is 0 Å². The molecule has 0 radical (unpaired) electrons. The van der Waals surface area contributed by atoms with E-state index in [1.807, 2.05) is 12.1 Å². The molecule has 24 heavy (non-hydrogen) atoms. The highest BCUT2D eigenvalue weighted by Gasteiger charge is 2.39. The third kappa shape index (κ3) is 3.77. The number of rotatable bonds is 4. The number of halogens is 3. The van der Waals surface area contributed by atoms with Gasteiger partial charge in [-0.1, -0.05) is 0 Å². The summed E-state index contributed by atoms with van der Waals surface area (Å²) in [5.41, 5.74) is 3.99. The second kappa shape index (κ2) is 6.92. The van der Waals surface area contributed by atoms with Crippen molar-refractivity contribution >= 4 is 11.3 Å². The lowest BCUT2D eigenvalue weighted by molar-refractivity contribution is -0.134. The number of likely N-dealkylation sites (N-methyl/N-ethyl adjacent to an activating group) is 1. The molecule has 0 aliphatic carbocycles. The lowest BCUT2D eigenvalue weighted by Crippen LogP contribution is -2.68. The number of hydrogen-bond acceptors (Lipinski definition) is 5. The molecule has 2 saturated heterocycles. The summed E-state index contributed by atoms with van der Waals surface area (Å²) in [6.07, 6.45) is -2.38. The number of aliphatic hydroxyl groups excluding tert-OH is 1. The first-order valence-corrected chi connectivity index (χ1v) is 9.13. The van der Waals surface area contributed by atoms with Crippen LogP contribution in [0.5, 0.6) is 0 Å². The predicted molar refractivity (Wildman–Crippen MR) is 88.0 cm³/mol. The summed E-state index contributed by atoms with van der Waals surface area (Å²) in [5, 5.41) is 14.8. The zero-order valence-electron chi connectivity index (χ0n) is 13.9. The number of alkyl halides is 3. The number of hydrazine groups is 1. The normalized spacial score (nSPS) is 31.9. The molecule has 3 rings (SSSR count). The first kappa shape index (κ1) is 18.1. The van der Waals surface area contributed by atoms with Gasteiger partial charge in [0, 0.05) is 37.2 Å². The van der Waals surface area contributed by atoms with Crippen LogP contribution < -0.4 is 10.7 Å². The zero-order chi connectivity index (χ0) is 17.5. The van der Waals surface area contributed by atoms with Crippen molar-refractivity contribution in [3.05, 3.63) is 21.4 Å². The molecule has 0 bridgehead atoms. The van der Waals surface area contributed by atoms with Crippen LogP contribution in [0.1, 0.15) is 41.0 Å². The molecule has 1 aromatic rings. The van der Waals surface area contributed by atoms with Crippen molar-refractivity contribution in [3.8, 4) is 0 Å². The van der Waals surface area contributed by atoms with Crippen LogP contribution in [0.2, 0.25) is 0 Å². The molecule has 4 atom stereocenters. The van der Waals surface area contributed by atoms with E-state index in [0.717, 1.165) is 35.6 Å². The summed E-state index contributed by atoms with van der Waals surface area (Å²) in [4.78, 5) is 0.257. The molecule has 0 spiro atoms. The van der Waals surface area contributed by atoms with Crippen LogP contribution in [-0.4, -0.2) is 48.4 Å². The molecule has 0 aromatic carbocycles. The van der Waals surface area contributed by atoms with Crippen LogP contribution in [-0.2, 0) is 12.6 Å². The quantitative estimate of drug-likeness (QED) is 0.769. The van der Waals surface area contributed by atoms with E-state index in [1.54, 1.807) is 0 Å². The van der Waals surface area contributed by atoms with Crippen molar-refractivity contribution in [1.82, 2.24) is 15.8 Å². The SMILES string of the molecule is CC1CC(c2sc(C(F)(F)F)cc2CCO)CC(C2CN(C)N2)N1. The summed E-state index contributed by atoms with van der Waals surface area (Å²) >= 11 is 0.860. The van der Waals surface area contributed by atoms with E-state index in [9.17, 15) is 18.3 Å². The standard InChI is InChI=1S/C16H24F3N3OS/c1-9-5-11(6-12(20-9)13-8-22(2)21-13)15-10(3-4-23)7-14(24-15)16(17,18)19/h7,9,11-13,20-21,23H,3-6,8H2,1-2H3. The zero-order valence-corrected chi connectivity index (χ0v) is 14.7. The lowest BCUT2D eigenvalue weighted by atomic mass is 9.82. The van der Waals surface area contributed by atoms with Crippen molar-refractivity contribution in [1.29, 1.82) is 0 Å². The first-order valence-electron chi connectivity index (χ1n) is 8.32. The maximum atomic E-state index is 13.1. The average molecular weight is 363 g/mol. The van der Waals surface area contributed by atoms with E-state index in [2.05, 4.69) is 17.7 Å². The molecule has 3 heterocycles. The first-order chi connectivity index (χ1) is 11.3. The lowest BCUT2D eigenvalue weighted by Gasteiger charge is -2.47. The summed E-state index contributed by atoms with van der Waals surface area (Å²) in [6.45, 7) is 2.91. The number of aliphatic hydroxyl groups is 1. The topological polar surface area (TPSA) is 47.5 Å². The smallest absolute Gasteiger partial charge is 0.396 e.